The summed E-state index contributed by atoms with van der Waals surface area (Å²) >= 11 is 0. The van der Waals surface area contributed by atoms with Crippen molar-refractivity contribution in [2.45, 2.75) is 19.1 Å². The minimum Gasteiger partial charge on any atom is -0.493 e. The Hall–Kier alpha value is -2.09. The van der Waals surface area contributed by atoms with Crippen molar-refractivity contribution in [3.63, 3.8) is 0 Å². The first-order chi connectivity index (χ1) is 9.19. The topological polar surface area (TPSA) is 73.5 Å². The molecule has 2 rings (SSSR count). The standard InChI is InChI=1S/C15H15NO3/c1-2-19-13-8-7-10-5-3-4-6-11(10)14(13)15(18)12(17)9-16/h3-8,12,15,17-18H,2H2,1H3. The highest BCUT2D eigenvalue weighted by Gasteiger charge is 2.23. The molecule has 4 nitrogen and oxygen atoms in total. The summed E-state index contributed by atoms with van der Waals surface area (Å²) in [7, 11) is 0. The van der Waals surface area contributed by atoms with E-state index < -0.39 is 12.2 Å². The Morgan fingerprint density at radius 2 is 1.95 bits per heavy atom. The molecule has 4 heteroatoms. The molecular weight excluding hydrogens is 242 g/mol. The van der Waals surface area contributed by atoms with Crippen molar-refractivity contribution in [1.82, 2.24) is 0 Å². The van der Waals surface area contributed by atoms with Crippen molar-refractivity contribution in [2.24, 2.45) is 0 Å². The van der Waals surface area contributed by atoms with Gasteiger partial charge >= 0.3 is 0 Å². The van der Waals surface area contributed by atoms with Gasteiger partial charge in [0.05, 0.1) is 12.7 Å². The molecular formula is C15H15NO3. The van der Waals surface area contributed by atoms with E-state index >= 15 is 0 Å². The van der Waals surface area contributed by atoms with Gasteiger partial charge in [-0.15, -0.1) is 0 Å². The molecule has 0 aliphatic heterocycles. The maximum Gasteiger partial charge on any atom is 0.170 e. The lowest BCUT2D eigenvalue weighted by molar-refractivity contribution is 0.0517. The van der Waals surface area contributed by atoms with E-state index in [0.717, 1.165) is 10.8 Å². The summed E-state index contributed by atoms with van der Waals surface area (Å²) in [6.07, 6.45) is -2.78. The van der Waals surface area contributed by atoms with Gasteiger partial charge in [0.2, 0.25) is 0 Å². The van der Waals surface area contributed by atoms with E-state index in [9.17, 15) is 10.2 Å². The molecule has 0 fully saturated rings. The Kier molecular flexibility index (Phi) is 4.00. The van der Waals surface area contributed by atoms with Crippen LogP contribution in [-0.2, 0) is 0 Å². The molecule has 0 radical (unpaired) electrons. The fraction of sp³-hybridized carbons (Fsp3) is 0.267. The lowest BCUT2D eigenvalue weighted by Gasteiger charge is -2.19. The Balaban J connectivity index is 2.65. The summed E-state index contributed by atoms with van der Waals surface area (Å²) in [4.78, 5) is 0. The molecule has 0 aliphatic carbocycles. The Labute approximate surface area is 111 Å². The van der Waals surface area contributed by atoms with Crippen LogP contribution >= 0.6 is 0 Å². The molecule has 0 heterocycles. The normalized spacial score (nSPS) is 13.8. The third-order valence-corrected chi connectivity index (χ3v) is 2.96. The maximum absolute atomic E-state index is 10.1. The van der Waals surface area contributed by atoms with Crippen LogP contribution in [0.3, 0.4) is 0 Å². The van der Waals surface area contributed by atoms with Gasteiger partial charge in [-0.2, -0.15) is 5.26 Å². The van der Waals surface area contributed by atoms with Crippen molar-refractivity contribution in [3.05, 3.63) is 42.0 Å². The van der Waals surface area contributed by atoms with Gasteiger partial charge < -0.3 is 14.9 Å². The third kappa shape index (κ3) is 2.53. The van der Waals surface area contributed by atoms with Gasteiger partial charge in [0.1, 0.15) is 11.9 Å². The van der Waals surface area contributed by atoms with Gasteiger partial charge in [0.15, 0.2) is 6.10 Å². The first kappa shape index (κ1) is 13.3. The third-order valence-electron chi connectivity index (χ3n) is 2.96. The van der Waals surface area contributed by atoms with Crippen molar-refractivity contribution in [2.75, 3.05) is 6.61 Å². The van der Waals surface area contributed by atoms with Crippen molar-refractivity contribution < 1.29 is 14.9 Å². The van der Waals surface area contributed by atoms with Crippen LogP contribution in [0.4, 0.5) is 0 Å². The minimum absolute atomic E-state index is 0.445. The largest absolute Gasteiger partial charge is 0.493 e. The molecule has 2 N–H and O–H groups in total. The zero-order valence-electron chi connectivity index (χ0n) is 10.6. The average molecular weight is 257 g/mol. The summed E-state index contributed by atoms with van der Waals surface area (Å²) in [6, 6.07) is 12.7. The highest BCUT2D eigenvalue weighted by molar-refractivity contribution is 5.88. The molecule has 0 amide bonds. The number of nitrogens with zero attached hydrogens (tertiary/aromatic N) is 1. The second-order valence-electron chi connectivity index (χ2n) is 4.15. The zero-order valence-corrected chi connectivity index (χ0v) is 10.6. The number of nitriles is 1. The number of hydrogen-bond donors (Lipinski definition) is 2. The SMILES string of the molecule is CCOc1ccc2ccccc2c1C(O)C(O)C#N. The lowest BCUT2D eigenvalue weighted by atomic mass is 9.96. The number of fused-ring (bicyclic) bond motifs is 1. The molecule has 0 saturated carbocycles. The molecule has 0 spiro atoms. The van der Waals surface area contributed by atoms with E-state index in [1.807, 2.05) is 37.3 Å². The number of aliphatic hydroxyl groups is 2. The Morgan fingerprint density at radius 3 is 2.63 bits per heavy atom. The molecule has 2 aromatic carbocycles. The van der Waals surface area contributed by atoms with Crippen LogP contribution < -0.4 is 4.74 Å². The molecule has 2 unspecified atom stereocenters. The van der Waals surface area contributed by atoms with Crippen LogP contribution in [0.1, 0.15) is 18.6 Å². The van der Waals surface area contributed by atoms with E-state index in [0.29, 0.717) is 17.9 Å². The highest BCUT2D eigenvalue weighted by atomic mass is 16.5. The number of aliphatic hydroxyl groups excluding tert-OH is 2. The van der Waals surface area contributed by atoms with Crippen molar-refractivity contribution >= 4 is 10.8 Å². The number of benzene rings is 2. The molecule has 0 aromatic heterocycles. The van der Waals surface area contributed by atoms with Gasteiger partial charge in [0, 0.05) is 5.56 Å². The second kappa shape index (κ2) is 5.70. The van der Waals surface area contributed by atoms with Crippen molar-refractivity contribution in [1.29, 1.82) is 5.26 Å². The molecule has 2 atom stereocenters. The number of ether oxygens (including phenoxy) is 1. The molecule has 0 aliphatic rings. The van der Waals surface area contributed by atoms with Crippen LogP contribution in [-0.4, -0.2) is 22.9 Å². The lowest BCUT2D eigenvalue weighted by Crippen LogP contribution is -2.17. The summed E-state index contributed by atoms with van der Waals surface area (Å²) in [5.41, 5.74) is 0.453. The van der Waals surface area contributed by atoms with Crippen LogP contribution in [0.2, 0.25) is 0 Å². The maximum atomic E-state index is 10.1. The van der Waals surface area contributed by atoms with Crippen LogP contribution in [0.15, 0.2) is 36.4 Å². The van der Waals surface area contributed by atoms with Gasteiger partial charge in [-0.1, -0.05) is 30.3 Å². The second-order valence-corrected chi connectivity index (χ2v) is 4.15. The predicted molar refractivity (Wildman–Crippen MR) is 71.7 cm³/mol. The highest BCUT2D eigenvalue weighted by Crippen LogP contribution is 2.34. The molecule has 2 aromatic rings. The van der Waals surface area contributed by atoms with E-state index in [-0.39, 0.29) is 0 Å². The Bertz CT molecular complexity index is 618. The first-order valence-electron chi connectivity index (χ1n) is 6.09. The monoisotopic (exact) mass is 257 g/mol. The van der Waals surface area contributed by atoms with Crippen LogP contribution in [0, 0.1) is 11.3 Å². The number of rotatable bonds is 4. The van der Waals surface area contributed by atoms with Gasteiger partial charge in [-0.05, 0) is 23.8 Å². The molecule has 19 heavy (non-hydrogen) atoms. The quantitative estimate of drug-likeness (QED) is 0.823. The summed E-state index contributed by atoms with van der Waals surface area (Å²) in [5, 5.41) is 30.2. The fourth-order valence-corrected chi connectivity index (χ4v) is 2.09. The van der Waals surface area contributed by atoms with Crippen LogP contribution in [0.5, 0.6) is 5.75 Å². The number of hydrogen-bond acceptors (Lipinski definition) is 4. The predicted octanol–water partition coefficient (Wildman–Crippen LogP) is 2.16. The Morgan fingerprint density at radius 1 is 1.21 bits per heavy atom. The van der Waals surface area contributed by atoms with Gasteiger partial charge in [-0.25, -0.2) is 0 Å². The average Bonchev–Trinajstić information content (AvgIpc) is 2.45. The summed E-state index contributed by atoms with van der Waals surface area (Å²) in [6.45, 7) is 2.28. The molecule has 0 saturated heterocycles. The fourth-order valence-electron chi connectivity index (χ4n) is 2.09. The van der Waals surface area contributed by atoms with E-state index in [1.165, 1.54) is 0 Å². The van der Waals surface area contributed by atoms with E-state index in [4.69, 9.17) is 10.00 Å². The van der Waals surface area contributed by atoms with Crippen molar-refractivity contribution in [3.8, 4) is 11.8 Å². The molecule has 98 valence electrons. The first-order valence-corrected chi connectivity index (χ1v) is 6.09. The zero-order chi connectivity index (χ0) is 13.8. The van der Waals surface area contributed by atoms with E-state index in [2.05, 4.69) is 0 Å². The van der Waals surface area contributed by atoms with Gasteiger partial charge in [-0.3, -0.25) is 0 Å². The van der Waals surface area contributed by atoms with Gasteiger partial charge in [0.25, 0.3) is 0 Å². The van der Waals surface area contributed by atoms with E-state index in [1.54, 1.807) is 12.1 Å². The van der Waals surface area contributed by atoms with Crippen LogP contribution in [0.25, 0.3) is 10.8 Å². The summed E-state index contributed by atoms with van der Waals surface area (Å²) in [5.74, 6) is 0.489. The summed E-state index contributed by atoms with van der Waals surface area (Å²) < 4.78 is 5.48. The smallest absolute Gasteiger partial charge is 0.170 e. The minimum atomic E-state index is -1.48. The molecule has 0 bridgehead atoms.